The summed E-state index contributed by atoms with van der Waals surface area (Å²) in [5.41, 5.74) is 0.263. The average molecular weight is 362 g/mol. The summed E-state index contributed by atoms with van der Waals surface area (Å²) in [6.45, 7) is 1.86. The number of carbonyl (C=O) groups is 2. The highest BCUT2D eigenvalue weighted by molar-refractivity contribution is 7.73. The summed E-state index contributed by atoms with van der Waals surface area (Å²) in [4.78, 5) is 28.0. The van der Waals surface area contributed by atoms with Crippen molar-refractivity contribution in [1.29, 1.82) is 0 Å². The van der Waals surface area contributed by atoms with Crippen molar-refractivity contribution in [3.8, 4) is 5.88 Å². The molecule has 0 fully saturated rings. The number of hydrogen-bond donors (Lipinski definition) is 2. The molecular formula is C16H14N2O4S2. The molecule has 3 rings (SSSR count). The molecule has 0 aliphatic carbocycles. The first-order valence-electron chi connectivity index (χ1n) is 7.35. The molecule has 1 aromatic heterocycles. The first-order valence-corrected chi connectivity index (χ1v) is 8.58. The number of carboxylic acids is 1. The van der Waals surface area contributed by atoms with Crippen LogP contribution in [0.4, 0.5) is 0 Å². The maximum atomic E-state index is 12.3. The number of thiazole rings is 1. The molecule has 1 atom stereocenters. The summed E-state index contributed by atoms with van der Waals surface area (Å²) in [7, 11) is 0. The molecule has 6 nitrogen and oxygen atoms in total. The van der Waals surface area contributed by atoms with Crippen LogP contribution < -0.4 is 10.6 Å². The highest BCUT2D eigenvalue weighted by Gasteiger charge is 2.29. The lowest BCUT2D eigenvalue weighted by Gasteiger charge is -2.14. The van der Waals surface area contributed by atoms with Crippen molar-refractivity contribution in [2.24, 2.45) is 4.99 Å². The summed E-state index contributed by atoms with van der Waals surface area (Å²) in [6.07, 6.45) is 0.953. The molecule has 0 saturated heterocycles. The first-order chi connectivity index (χ1) is 11.5. The van der Waals surface area contributed by atoms with Crippen molar-refractivity contribution in [3.63, 3.8) is 0 Å². The number of para-hydroxylation sites is 1. The maximum absolute atomic E-state index is 12.3. The molecule has 1 unspecified atom stereocenters. The third-order valence-corrected chi connectivity index (χ3v) is 5.22. The van der Waals surface area contributed by atoms with E-state index >= 15 is 0 Å². The van der Waals surface area contributed by atoms with Gasteiger partial charge in [0.25, 0.3) is 5.91 Å². The van der Waals surface area contributed by atoms with Gasteiger partial charge in [0.2, 0.25) is 5.88 Å². The predicted octanol–water partition coefficient (Wildman–Crippen LogP) is 1.77. The van der Waals surface area contributed by atoms with E-state index in [1.807, 2.05) is 6.92 Å². The van der Waals surface area contributed by atoms with E-state index in [9.17, 15) is 19.8 Å². The van der Waals surface area contributed by atoms with Gasteiger partial charge in [0.15, 0.2) is 3.95 Å². The minimum Gasteiger partial charge on any atom is -0.493 e. The molecule has 2 heterocycles. The van der Waals surface area contributed by atoms with E-state index in [0.717, 1.165) is 11.3 Å². The number of carbonyl (C=O) groups excluding carboxylic acids is 1. The van der Waals surface area contributed by atoms with Crippen LogP contribution in [0, 0.1) is 3.95 Å². The highest BCUT2D eigenvalue weighted by atomic mass is 32.1. The van der Waals surface area contributed by atoms with Gasteiger partial charge in [0, 0.05) is 5.22 Å². The lowest BCUT2D eigenvalue weighted by Crippen LogP contribution is -2.22. The van der Waals surface area contributed by atoms with Crippen molar-refractivity contribution in [2.45, 2.75) is 25.8 Å². The van der Waals surface area contributed by atoms with Crippen LogP contribution >= 0.6 is 23.6 Å². The smallest absolute Gasteiger partial charge is 0.326 e. The number of aromatic nitrogens is 1. The van der Waals surface area contributed by atoms with Gasteiger partial charge in [-0.15, -0.1) is 11.3 Å². The highest BCUT2D eigenvalue weighted by Crippen LogP contribution is 2.36. The average Bonchev–Trinajstić information content (AvgIpc) is 3.01. The number of nitrogens with zero attached hydrogens (tertiary/aromatic N) is 2. The topological polar surface area (TPSA) is 91.9 Å². The Hall–Kier alpha value is -2.32. The minimum absolute atomic E-state index is 0.216. The second kappa shape index (κ2) is 6.29. The van der Waals surface area contributed by atoms with Gasteiger partial charge in [0.05, 0.1) is 10.9 Å². The molecular weight excluding hydrogens is 348 g/mol. The molecule has 0 spiro atoms. The van der Waals surface area contributed by atoms with E-state index in [2.05, 4.69) is 4.99 Å². The van der Waals surface area contributed by atoms with Gasteiger partial charge in [-0.3, -0.25) is 9.36 Å². The molecule has 24 heavy (non-hydrogen) atoms. The molecule has 124 valence electrons. The first kappa shape index (κ1) is 16.5. The molecule has 0 saturated carbocycles. The van der Waals surface area contributed by atoms with Crippen molar-refractivity contribution >= 4 is 41.0 Å². The van der Waals surface area contributed by atoms with Gasteiger partial charge in [-0.05, 0) is 24.7 Å². The van der Waals surface area contributed by atoms with E-state index in [1.54, 1.807) is 24.3 Å². The molecule has 2 N–H and O–H groups in total. The Morgan fingerprint density at radius 1 is 1.42 bits per heavy atom. The number of fused-ring (bicyclic) bond motifs is 1. The third-order valence-electron chi connectivity index (χ3n) is 3.81. The number of carboxylic acid groups (broad SMARTS) is 1. The Morgan fingerprint density at radius 2 is 2.12 bits per heavy atom. The monoisotopic (exact) mass is 362 g/mol. The van der Waals surface area contributed by atoms with E-state index in [0.29, 0.717) is 23.4 Å². The van der Waals surface area contributed by atoms with Crippen LogP contribution in [0.5, 0.6) is 5.88 Å². The van der Waals surface area contributed by atoms with Crippen molar-refractivity contribution in [3.05, 3.63) is 43.7 Å². The molecule has 2 aromatic rings. The van der Waals surface area contributed by atoms with Crippen LogP contribution in [0.3, 0.4) is 0 Å². The summed E-state index contributed by atoms with van der Waals surface area (Å²) in [5, 5.41) is 21.2. The quantitative estimate of drug-likeness (QED) is 0.791. The van der Waals surface area contributed by atoms with E-state index in [4.69, 9.17) is 12.2 Å². The fourth-order valence-corrected chi connectivity index (χ4v) is 4.17. The van der Waals surface area contributed by atoms with Crippen LogP contribution in [0.15, 0.2) is 29.3 Å². The van der Waals surface area contributed by atoms with Crippen LogP contribution in [-0.2, 0) is 9.59 Å². The molecule has 1 aromatic carbocycles. The van der Waals surface area contributed by atoms with Gasteiger partial charge >= 0.3 is 5.97 Å². The van der Waals surface area contributed by atoms with Crippen LogP contribution in [0.2, 0.25) is 0 Å². The Morgan fingerprint density at radius 3 is 2.79 bits per heavy atom. The van der Waals surface area contributed by atoms with Crippen LogP contribution in [-0.4, -0.2) is 26.7 Å². The van der Waals surface area contributed by atoms with Gasteiger partial charge in [-0.1, -0.05) is 31.5 Å². The SMILES string of the molecule is CCCC(C(=O)O)n1c(O)c(C2=c3ccccc3=NC2=O)sc1=S. The fraction of sp³-hybridized carbons (Fsp3) is 0.250. The van der Waals surface area contributed by atoms with E-state index < -0.39 is 17.9 Å². The van der Waals surface area contributed by atoms with Crippen molar-refractivity contribution in [2.75, 3.05) is 0 Å². The number of rotatable bonds is 5. The van der Waals surface area contributed by atoms with Gasteiger partial charge in [0.1, 0.15) is 10.9 Å². The zero-order chi connectivity index (χ0) is 17.4. The maximum Gasteiger partial charge on any atom is 0.326 e. The van der Waals surface area contributed by atoms with Gasteiger partial charge < -0.3 is 10.2 Å². The molecule has 1 amide bonds. The summed E-state index contributed by atoms with van der Waals surface area (Å²) >= 11 is 6.27. The zero-order valence-electron chi connectivity index (χ0n) is 12.7. The largest absolute Gasteiger partial charge is 0.493 e. The van der Waals surface area contributed by atoms with Crippen LogP contribution in [0.1, 0.15) is 30.7 Å². The normalized spacial score (nSPS) is 14.4. The Balaban J connectivity index is 2.25. The third kappa shape index (κ3) is 2.57. The number of aromatic hydroxyl groups is 1. The minimum atomic E-state index is -1.07. The van der Waals surface area contributed by atoms with Crippen molar-refractivity contribution < 1.29 is 19.8 Å². The molecule has 1 aliphatic heterocycles. The summed E-state index contributed by atoms with van der Waals surface area (Å²) in [5.74, 6) is -1.82. The number of hydrogen-bond acceptors (Lipinski definition) is 5. The van der Waals surface area contributed by atoms with Crippen LogP contribution in [0.25, 0.3) is 5.57 Å². The number of aliphatic carboxylic acids is 1. The Labute approximate surface area is 146 Å². The second-order valence-corrected chi connectivity index (χ2v) is 6.99. The van der Waals surface area contributed by atoms with Gasteiger partial charge in [-0.25, -0.2) is 9.79 Å². The number of benzene rings is 1. The number of amides is 1. The standard InChI is InChI=1S/C16H14N2O4S2/c1-2-5-10(15(21)22)18-14(20)12(24-16(18)23)11-8-6-3-4-7-9(8)17-13(11)19/h3-4,6-7,10,20H,2,5H2,1H3,(H,21,22). The molecule has 8 heteroatoms. The predicted molar refractivity (Wildman–Crippen MR) is 91.1 cm³/mol. The molecule has 0 radical (unpaired) electrons. The van der Waals surface area contributed by atoms with Gasteiger partial charge in [-0.2, -0.15) is 0 Å². The Kier molecular flexibility index (Phi) is 4.33. The lowest BCUT2D eigenvalue weighted by atomic mass is 10.1. The fourth-order valence-electron chi connectivity index (χ4n) is 2.73. The lowest BCUT2D eigenvalue weighted by molar-refractivity contribution is -0.141. The second-order valence-electron chi connectivity index (χ2n) is 5.34. The Bertz CT molecular complexity index is 1020. The summed E-state index contributed by atoms with van der Waals surface area (Å²) < 4.78 is 1.43. The summed E-state index contributed by atoms with van der Waals surface area (Å²) in [6, 6.07) is 6.04. The zero-order valence-corrected chi connectivity index (χ0v) is 14.4. The van der Waals surface area contributed by atoms with E-state index in [1.165, 1.54) is 4.57 Å². The molecule has 0 bridgehead atoms. The van der Waals surface area contributed by atoms with E-state index in [-0.39, 0.29) is 20.3 Å². The molecule has 1 aliphatic rings. The van der Waals surface area contributed by atoms with Crippen molar-refractivity contribution in [1.82, 2.24) is 4.57 Å².